The van der Waals surface area contributed by atoms with Gasteiger partial charge in [-0.1, -0.05) is 24.3 Å². The van der Waals surface area contributed by atoms with E-state index in [1.54, 1.807) is 7.11 Å². The minimum absolute atomic E-state index is 0.156. The first-order valence-electron chi connectivity index (χ1n) is 8.49. The number of ether oxygens (including phenoxy) is 1. The lowest BCUT2D eigenvalue weighted by Crippen LogP contribution is -2.42. The summed E-state index contributed by atoms with van der Waals surface area (Å²) < 4.78 is 14.0. The van der Waals surface area contributed by atoms with Crippen molar-refractivity contribution in [3.8, 4) is 5.75 Å². The molecule has 0 spiro atoms. The van der Waals surface area contributed by atoms with Crippen molar-refractivity contribution in [2.75, 3.05) is 20.2 Å². The van der Waals surface area contributed by atoms with E-state index >= 15 is 0 Å². The number of hydrogen-bond acceptors (Lipinski definition) is 6. The predicted molar refractivity (Wildman–Crippen MR) is 99.1 cm³/mol. The number of benzene rings is 2. The molecule has 2 atom stereocenters. The molecule has 5 nitrogen and oxygen atoms in total. The molecule has 0 aliphatic carbocycles. The molecule has 1 N–H and O–H groups in total. The van der Waals surface area contributed by atoms with Gasteiger partial charge in [-0.3, -0.25) is 4.90 Å². The molecule has 0 unspecified atom stereocenters. The van der Waals surface area contributed by atoms with Crippen LogP contribution in [0.4, 0.5) is 0 Å². The molecule has 0 amide bonds. The molecule has 1 aliphatic rings. The van der Waals surface area contributed by atoms with Gasteiger partial charge in [0.15, 0.2) is 0 Å². The summed E-state index contributed by atoms with van der Waals surface area (Å²) in [6.07, 6.45) is 0.549. The third kappa shape index (κ3) is 3.38. The molecular weight excluding hydrogens is 334 g/mol. The van der Waals surface area contributed by atoms with Crippen molar-refractivity contribution < 1.29 is 9.84 Å². The minimum Gasteiger partial charge on any atom is -0.497 e. The van der Waals surface area contributed by atoms with Crippen LogP contribution in [0.1, 0.15) is 23.5 Å². The largest absolute Gasteiger partial charge is 0.497 e. The molecule has 1 saturated heterocycles. The molecule has 0 radical (unpaired) electrons. The summed E-state index contributed by atoms with van der Waals surface area (Å²) >= 11 is 1.25. The Balaban J connectivity index is 1.47. The number of piperidine rings is 1. The van der Waals surface area contributed by atoms with E-state index in [9.17, 15) is 5.11 Å². The van der Waals surface area contributed by atoms with Gasteiger partial charge >= 0.3 is 0 Å². The highest BCUT2D eigenvalue weighted by molar-refractivity contribution is 7.00. The average molecular weight is 355 g/mol. The van der Waals surface area contributed by atoms with E-state index in [1.807, 2.05) is 30.3 Å². The number of rotatable bonds is 4. The summed E-state index contributed by atoms with van der Waals surface area (Å²) in [6, 6.07) is 14.2. The first kappa shape index (κ1) is 16.4. The van der Waals surface area contributed by atoms with Crippen molar-refractivity contribution in [2.45, 2.75) is 25.0 Å². The van der Waals surface area contributed by atoms with Crippen molar-refractivity contribution in [3.63, 3.8) is 0 Å². The smallest absolute Gasteiger partial charge is 0.119 e. The zero-order chi connectivity index (χ0) is 17.2. The summed E-state index contributed by atoms with van der Waals surface area (Å²) in [5.74, 6) is 0.998. The molecule has 1 aliphatic heterocycles. The predicted octanol–water partition coefficient (Wildman–Crippen LogP) is 3.05. The Bertz CT molecular complexity index is 867. The summed E-state index contributed by atoms with van der Waals surface area (Å²) in [7, 11) is 1.67. The molecule has 2 aromatic carbocycles. The Morgan fingerprint density at radius 1 is 1.24 bits per heavy atom. The van der Waals surface area contributed by atoms with Gasteiger partial charge in [-0.25, -0.2) is 0 Å². The van der Waals surface area contributed by atoms with Gasteiger partial charge in [-0.2, -0.15) is 8.75 Å². The molecule has 130 valence electrons. The van der Waals surface area contributed by atoms with E-state index in [2.05, 4.69) is 25.8 Å². The second kappa shape index (κ2) is 7.07. The molecule has 4 rings (SSSR count). The first-order chi connectivity index (χ1) is 12.2. The van der Waals surface area contributed by atoms with E-state index in [4.69, 9.17) is 4.74 Å². The highest BCUT2D eigenvalue weighted by Crippen LogP contribution is 2.31. The Hall–Kier alpha value is -2.02. The maximum Gasteiger partial charge on any atom is 0.119 e. The molecule has 0 bridgehead atoms. The second-order valence-electron chi connectivity index (χ2n) is 6.52. The van der Waals surface area contributed by atoms with E-state index < -0.39 is 0 Å². The lowest BCUT2D eigenvalue weighted by atomic mass is 9.87. The van der Waals surface area contributed by atoms with Crippen molar-refractivity contribution >= 4 is 22.8 Å². The number of hydrogen-bond donors (Lipinski definition) is 1. The fraction of sp³-hybridized carbons (Fsp3) is 0.368. The van der Waals surface area contributed by atoms with Crippen LogP contribution in [0.15, 0.2) is 42.5 Å². The van der Waals surface area contributed by atoms with Crippen molar-refractivity contribution in [1.29, 1.82) is 0 Å². The van der Waals surface area contributed by atoms with Crippen LogP contribution in [-0.2, 0) is 6.54 Å². The minimum atomic E-state index is -0.381. The van der Waals surface area contributed by atoms with Crippen molar-refractivity contribution in [2.24, 2.45) is 0 Å². The molecule has 1 fully saturated rings. The van der Waals surface area contributed by atoms with Gasteiger partial charge in [0.1, 0.15) is 16.8 Å². The molecule has 2 heterocycles. The number of nitrogens with zero attached hydrogens (tertiary/aromatic N) is 3. The summed E-state index contributed by atoms with van der Waals surface area (Å²) in [6.45, 7) is 2.41. The maximum atomic E-state index is 10.7. The van der Waals surface area contributed by atoms with Gasteiger partial charge in [0.2, 0.25) is 0 Å². The van der Waals surface area contributed by atoms with E-state index in [0.29, 0.717) is 6.54 Å². The number of fused-ring (bicyclic) bond motifs is 1. The number of likely N-dealkylation sites (tertiary alicyclic amines) is 1. The third-order valence-corrected chi connectivity index (χ3v) is 5.49. The Labute approximate surface area is 151 Å². The van der Waals surface area contributed by atoms with Gasteiger partial charge in [-0.15, -0.1) is 0 Å². The number of methoxy groups -OCH3 is 1. The van der Waals surface area contributed by atoms with E-state index in [0.717, 1.165) is 41.9 Å². The van der Waals surface area contributed by atoms with Crippen LogP contribution in [0.2, 0.25) is 0 Å². The monoisotopic (exact) mass is 355 g/mol. The third-order valence-electron chi connectivity index (χ3n) is 4.95. The van der Waals surface area contributed by atoms with Crippen LogP contribution in [-0.4, -0.2) is 45.1 Å². The highest BCUT2D eigenvalue weighted by atomic mass is 32.1. The lowest BCUT2D eigenvalue weighted by Gasteiger charge is -2.36. The average Bonchev–Trinajstić information content (AvgIpc) is 3.12. The molecular formula is C19H21N3O2S. The van der Waals surface area contributed by atoms with Gasteiger partial charge < -0.3 is 9.84 Å². The molecule has 0 saturated carbocycles. The number of aliphatic hydroxyl groups excluding tert-OH is 1. The second-order valence-corrected chi connectivity index (χ2v) is 7.05. The quantitative estimate of drug-likeness (QED) is 0.779. The molecule has 6 heteroatoms. The van der Waals surface area contributed by atoms with E-state index in [1.165, 1.54) is 17.3 Å². The number of aliphatic hydroxyl groups is 1. The van der Waals surface area contributed by atoms with Crippen molar-refractivity contribution in [3.05, 3.63) is 53.6 Å². The molecule has 1 aromatic heterocycles. The fourth-order valence-electron chi connectivity index (χ4n) is 3.63. The standard InChI is InChI=1S/C19H21N3O2S/c1-24-15-6-2-4-13(10-15)16-8-9-22(12-18(16)23)11-14-5-3-7-17-19(14)21-25-20-17/h2-7,10,16,18,23H,8-9,11-12H2,1H3/t16-,18+/m0/s1. The van der Waals surface area contributed by atoms with Crippen LogP contribution in [0.3, 0.4) is 0 Å². The number of β-amino-alcohol motifs (C(OH)–C–C–N with tert-alkyl or cyclic N) is 1. The normalized spacial score (nSPS) is 21.5. The Kier molecular flexibility index (Phi) is 4.65. The van der Waals surface area contributed by atoms with Crippen LogP contribution in [0.5, 0.6) is 5.75 Å². The first-order valence-corrected chi connectivity index (χ1v) is 9.22. The molecule has 25 heavy (non-hydrogen) atoms. The summed E-state index contributed by atoms with van der Waals surface area (Å²) in [5, 5.41) is 10.7. The van der Waals surface area contributed by atoms with Crippen molar-refractivity contribution in [1.82, 2.24) is 13.6 Å². The topological polar surface area (TPSA) is 58.5 Å². The van der Waals surface area contributed by atoms with Crippen LogP contribution >= 0.6 is 11.7 Å². The summed E-state index contributed by atoms with van der Waals surface area (Å²) in [5.41, 5.74) is 4.27. The zero-order valence-corrected chi connectivity index (χ0v) is 14.9. The van der Waals surface area contributed by atoms with Gasteiger partial charge in [-0.05, 0) is 42.3 Å². The Morgan fingerprint density at radius 2 is 2.12 bits per heavy atom. The van der Waals surface area contributed by atoms with Crippen LogP contribution in [0, 0.1) is 0 Å². The van der Waals surface area contributed by atoms with E-state index in [-0.39, 0.29) is 12.0 Å². The summed E-state index contributed by atoms with van der Waals surface area (Å²) in [4.78, 5) is 2.30. The van der Waals surface area contributed by atoms with Crippen LogP contribution < -0.4 is 4.74 Å². The van der Waals surface area contributed by atoms with Gasteiger partial charge in [0.25, 0.3) is 0 Å². The lowest BCUT2D eigenvalue weighted by molar-refractivity contribution is 0.0478. The number of aromatic nitrogens is 2. The Morgan fingerprint density at radius 3 is 2.96 bits per heavy atom. The highest BCUT2D eigenvalue weighted by Gasteiger charge is 2.29. The maximum absolute atomic E-state index is 10.7. The SMILES string of the molecule is COc1cccc([C@@H]2CCN(Cc3cccc4nsnc34)C[C@H]2O)c1. The van der Waals surface area contributed by atoms with Gasteiger partial charge in [0.05, 0.1) is 24.9 Å². The van der Waals surface area contributed by atoms with Gasteiger partial charge in [0, 0.05) is 19.0 Å². The molecule has 3 aromatic rings. The fourth-order valence-corrected chi connectivity index (χ4v) is 4.20. The van der Waals surface area contributed by atoms with Crippen LogP contribution in [0.25, 0.3) is 11.0 Å². The zero-order valence-electron chi connectivity index (χ0n) is 14.1.